The van der Waals surface area contributed by atoms with Gasteiger partial charge in [0.25, 0.3) is 0 Å². The third kappa shape index (κ3) is 4.05. The maximum absolute atomic E-state index is 11.8. The topological polar surface area (TPSA) is 56.7 Å². The van der Waals surface area contributed by atoms with E-state index in [0.717, 1.165) is 32.6 Å². The Morgan fingerprint density at radius 1 is 1.41 bits per heavy atom. The molecule has 1 aromatic heterocycles. The van der Waals surface area contributed by atoms with Crippen molar-refractivity contribution in [3.63, 3.8) is 0 Å². The number of aliphatic carboxylic acids is 1. The van der Waals surface area contributed by atoms with Crippen LogP contribution in [0, 0.1) is 5.92 Å². The summed E-state index contributed by atoms with van der Waals surface area (Å²) in [6.07, 6.45) is 2.70. The van der Waals surface area contributed by atoms with Crippen molar-refractivity contribution in [2.45, 2.75) is 39.3 Å². The average Bonchev–Trinajstić information content (AvgIpc) is 2.49. The minimum Gasteiger partial charge on any atom is -0.480 e. The van der Waals surface area contributed by atoms with E-state index >= 15 is 0 Å². The Labute approximate surface area is 132 Å². The first-order valence-electron chi connectivity index (χ1n) is 8.14. The summed E-state index contributed by atoms with van der Waals surface area (Å²) in [7, 11) is 0. The van der Waals surface area contributed by atoms with Crippen molar-refractivity contribution in [2.75, 3.05) is 26.2 Å². The molecule has 2 heterocycles. The molecule has 0 bridgehead atoms. The third-order valence-corrected chi connectivity index (χ3v) is 4.27. The number of nitrogens with zero attached hydrogens (tertiary/aromatic N) is 3. The number of pyridine rings is 1. The lowest BCUT2D eigenvalue weighted by Crippen LogP contribution is -2.55. The number of carbonyl (C=O) groups is 1. The number of hydrogen-bond acceptors (Lipinski definition) is 4. The lowest BCUT2D eigenvalue weighted by Gasteiger charge is -2.43. The Bertz CT molecular complexity index is 478. The zero-order chi connectivity index (χ0) is 16.1. The number of hydrogen-bond donors (Lipinski definition) is 1. The summed E-state index contributed by atoms with van der Waals surface area (Å²) in [5.74, 6) is -0.183. The summed E-state index contributed by atoms with van der Waals surface area (Å²) < 4.78 is 0. The molecule has 5 nitrogen and oxygen atoms in total. The minimum atomic E-state index is -0.814. The lowest BCUT2D eigenvalue weighted by atomic mass is 10.0. The molecular weight excluding hydrogens is 278 g/mol. The van der Waals surface area contributed by atoms with Crippen LogP contribution in [0.15, 0.2) is 24.4 Å². The Kier molecular flexibility index (Phi) is 5.91. The largest absolute Gasteiger partial charge is 0.480 e. The Balaban J connectivity index is 2.13. The van der Waals surface area contributed by atoms with E-state index in [1.165, 1.54) is 0 Å². The quantitative estimate of drug-likeness (QED) is 0.873. The normalized spacial score (nSPS) is 21.9. The van der Waals surface area contributed by atoms with Gasteiger partial charge in [0.15, 0.2) is 6.04 Å². The highest BCUT2D eigenvalue weighted by Crippen LogP contribution is 2.24. The summed E-state index contributed by atoms with van der Waals surface area (Å²) in [4.78, 5) is 20.6. The van der Waals surface area contributed by atoms with Gasteiger partial charge >= 0.3 is 5.97 Å². The van der Waals surface area contributed by atoms with Crippen LogP contribution in [0.25, 0.3) is 0 Å². The van der Waals surface area contributed by atoms with Crippen LogP contribution in [0.5, 0.6) is 0 Å². The maximum atomic E-state index is 11.8. The van der Waals surface area contributed by atoms with E-state index in [4.69, 9.17) is 0 Å². The molecule has 1 saturated heterocycles. The monoisotopic (exact) mass is 305 g/mol. The molecule has 0 saturated carbocycles. The second-order valence-electron chi connectivity index (χ2n) is 6.44. The molecule has 0 amide bonds. The number of carboxylic acid groups (broad SMARTS) is 1. The molecule has 1 N–H and O–H groups in total. The smallest absolute Gasteiger partial charge is 0.327 e. The highest BCUT2D eigenvalue weighted by Gasteiger charge is 2.34. The fourth-order valence-corrected chi connectivity index (χ4v) is 3.26. The van der Waals surface area contributed by atoms with Crippen molar-refractivity contribution in [3.8, 4) is 0 Å². The van der Waals surface area contributed by atoms with E-state index in [-0.39, 0.29) is 0 Å². The first-order valence-corrected chi connectivity index (χ1v) is 8.14. The van der Waals surface area contributed by atoms with Gasteiger partial charge in [0.05, 0.1) is 5.69 Å². The summed E-state index contributed by atoms with van der Waals surface area (Å²) in [6.45, 7) is 10.2. The van der Waals surface area contributed by atoms with Crippen LogP contribution in [0.4, 0.5) is 0 Å². The van der Waals surface area contributed by atoms with Crippen molar-refractivity contribution >= 4 is 5.97 Å². The van der Waals surface area contributed by atoms with Crippen LogP contribution in [-0.4, -0.2) is 58.1 Å². The summed E-state index contributed by atoms with van der Waals surface area (Å²) in [6, 6.07) is 5.25. The van der Waals surface area contributed by atoms with Crippen LogP contribution in [0.2, 0.25) is 0 Å². The van der Waals surface area contributed by atoms with E-state index in [1.54, 1.807) is 12.3 Å². The van der Waals surface area contributed by atoms with Gasteiger partial charge in [-0.25, -0.2) is 0 Å². The van der Waals surface area contributed by atoms with E-state index in [2.05, 4.69) is 35.6 Å². The summed E-state index contributed by atoms with van der Waals surface area (Å²) in [5.41, 5.74) is 0.627. The minimum absolute atomic E-state index is 0.418. The Hall–Kier alpha value is -1.46. The summed E-state index contributed by atoms with van der Waals surface area (Å²) >= 11 is 0. The van der Waals surface area contributed by atoms with E-state index in [1.807, 2.05) is 12.1 Å². The standard InChI is InChI=1S/C17H27N3O2/c1-4-14-12-20(10-9-19(14)11-13(2)3)16(17(21)22)15-7-5-6-8-18-15/h5-8,13-14,16H,4,9-12H2,1-3H3,(H,21,22). The van der Waals surface area contributed by atoms with Crippen LogP contribution in [0.3, 0.4) is 0 Å². The van der Waals surface area contributed by atoms with Gasteiger partial charge < -0.3 is 5.11 Å². The molecule has 1 aliphatic heterocycles. The van der Waals surface area contributed by atoms with Gasteiger partial charge in [0, 0.05) is 38.4 Å². The second-order valence-corrected chi connectivity index (χ2v) is 6.44. The molecule has 0 aromatic carbocycles. The first kappa shape index (κ1) is 16.9. The lowest BCUT2D eigenvalue weighted by molar-refractivity contribution is -0.145. The second kappa shape index (κ2) is 7.70. The van der Waals surface area contributed by atoms with E-state index in [9.17, 15) is 9.90 Å². The number of carboxylic acids is 1. The molecule has 1 aliphatic rings. The predicted octanol–water partition coefficient (Wildman–Crippen LogP) is 2.26. The van der Waals surface area contributed by atoms with Crippen LogP contribution < -0.4 is 0 Å². The van der Waals surface area contributed by atoms with Gasteiger partial charge in [0.1, 0.15) is 0 Å². The molecule has 2 unspecified atom stereocenters. The van der Waals surface area contributed by atoms with Gasteiger partial charge in [0.2, 0.25) is 0 Å². The van der Waals surface area contributed by atoms with Gasteiger partial charge in [-0.15, -0.1) is 0 Å². The van der Waals surface area contributed by atoms with Crippen molar-refractivity contribution in [1.29, 1.82) is 0 Å². The number of aromatic nitrogens is 1. The highest BCUT2D eigenvalue weighted by molar-refractivity contribution is 5.74. The molecule has 122 valence electrons. The fraction of sp³-hybridized carbons (Fsp3) is 0.647. The molecule has 5 heteroatoms. The van der Waals surface area contributed by atoms with Gasteiger partial charge in [-0.1, -0.05) is 26.8 Å². The zero-order valence-electron chi connectivity index (χ0n) is 13.8. The van der Waals surface area contributed by atoms with Gasteiger partial charge in [-0.05, 0) is 24.5 Å². The molecule has 1 fully saturated rings. The molecule has 1 aromatic rings. The zero-order valence-corrected chi connectivity index (χ0v) is 13.8. The molecule has 2 rings (SSSR count). The van der Waals surface area contributed by atoms with Crippen LogP contribution >= 0.6 is 0 Å². The fourth-order valence-electron chi connectivity index (χ4n) is 3.26. The SMILES string of the molecule is CCC1CN(C(C(=O)O)c2ccccn2)CCN1CC(C)C. The van der Waals surface area contributed by atoms with E-state index < -0.39 is 12.0 Å². The number of rotatable bonds is 6. The molecule has 0 spiro atoms. The van der Waals surface area contributed by atoms with Crippen molar-refractivity contribution in [3.05, 3.63) is 30.1 Å². The molecule has 0 aliphatic carbocycles. The van der Waals surface area contributed by atoms with Gasteiger partial charge in [-0.2, -0.15) is 0 Å². The molecule has 2 atom stereocenters. The Morgan fingerprint density at radius 2 is 2.18 bits per heavy atom. The van der Waals surface area contributed by atoms with Gasteiger partial charge in [-0.3, -0.25) is 19.6 Å². The average molecular weight is 305 g/mol. The summed E-state index contributed by atoms with van der Waals surface area (Å²) in [5, 5.41) is 9.65. The van der Waals surface area contributed by atoms with E-state index in [0.29, 0.717) is 17.7 Å². The van der Waals surface area contributed by atoms with Crippen molar-refractivity contribution in [1.82, 2.24) is 14.8 Å². The molecule has 22 heavy (non-hydrogen) atoms. The maximum Gasteiger partial charge on any atom is 0.327 e. The Morgan fingerprint density at radius 3 is 2.73 bits per heavy atom. The van der Waals surface area contributed by atoms with Crippen LogP contribution in [-0.2, 0) is 4.79 Å². The number of piperazine rings is 1. The van der Waals surface area contributed by atoms with Crippen molar-refractivity contribution in [2.24, 2.45) is 5.92 Å². The predicted molar refractivity (Wildman–Crippen MR) is 86.7 cm³/mol. The van der Waals surface area contributed by atoms with Crippen molar-refractivity contribution < 1.29 is 9.90 Å². The molecular formula is C17H27N3O2. The first-order chi connectivity index (χ1) is 10.5. The molecule has 0 radical (unpaired) electrons. The third-order valence-electron chi connectivity index (χ3n) is 4.27. The highest BCUT2D eigenvalue weighted by atomic mass is 16.4. The van der Waals surface area contributed by atoms with Crippen LogP contribution in [0.1, 0.15) is 38.9 Å².